The van der Waals surface area contributed by atoms with Gasteiger partial charge in [-0.3, -0.25) is 4.68 Å². The van der Waals surface area contributed by atoms with Crippen LogP contribution in [0.5, 0.6) is 0 Å². The summed E-state index contributed by atoms with van der Waals surface area (Å²) in [4.78, 5) is 0. The van der Waals surface area contributed by atoms with Gasteiger partial charge in [0.1, 0.15) is 5.52 Å². The Bertz CT molecular complexity index is 436. The molecule has 0 aliphatic heterocycles. The van der Waals surface area contributed by atoms with E-state index in [4.69, 9.17) is 5.73 Å². The van der Waals surface area contributed by atoms with Crippen molar-refractivity contribution in [3.05, 3.63) is 30.2 Å². The molecule has 0 aliphatic rings. The van der Waals surface area contributed by atoms with E-state index in [2.05, 4.69) is 5.10 Å². The van der Waals surface area contributed by atoms with Crippen LogP contribution in [0.1, 0.15) is 6.42 Å². The Kier molecular flexibility index (Phi) is 2.45. The van der Waals surface area contributed by atoms with Crippen molar-refractivity contribution >= 4 is 10.9 Å². The first kappa shape index (κ1) is 9.15. The molecule has 0 unspecified atom stereocenters. The second-order valence-corrected chi connectivity index (χ2v) is 3.21. The molecule has 0 saturated heterocycles. The maximum absolute atomic E-state index is 13.2. The van der Waals surface area contributed by atoms with Crippen molar-refractivity contribution in [1.82, 2.24) is 9.78 Å². The molecule has 74 valence electrons. The summed E-state index contributed by atoms with van der Waals surface area (Å²) in [6.45, 7) is 1.36. The fourth-order valence-corrected chi connectivity index (χ4v) is 1.43. The number of benzene rings is 1. The smallest absolute Gasteiger partial charge is 0.151 e. The number of fused-ring (bicyclic) bond motifs is 1. The van der Waals surface area contributed by atoms with Gasteiger partial charge < -0.3 is 5.73 Å². The minimum Gasteiger partial charge on any atom is -0.330 e. The van der Waals surface area contributed by atoms with Crippen LogP contribution in [0.4, 0.5) is 4.39 Å². The Balaban J connectivity index is 2.36. The molecule has 0 spiro atoms. The van der Waals surface area contributed by atoms with Crippen LogP contribution < -0.4 is 5.73 Å². The van der Waals surface area contributed by atoms with E-state index < -0.39 is 0 Å². The minimum absolute atomic E-state index is 0.269. The van der Waals surface area contributed by atoms with Crippen molar-refractivity contribution in [3.8, 4) is 0 Å². The summed E-state index contributed by atoms with van der Waals surface area (Å²) >= 11 is 0. The van der Waals surface area contributed by atoms with Gasteiger partial charge in [0.15, 0.2) is 5.82 Å². The van der Waals surface area contributed by atoms with Crippen molar-refractivity contribution in [2.24, 2.45) is 5.73 Å². The molecule has 0 fully saturated rings. The third kappa shape index (κ3) is 1.61. The lowest BCUT2D eigenvalue weighted by Gasteiger charge is -1.96. The third-order valence-corrected chi connectivity index (χ3v) is 2.13. The molecule has 1 aromatic heterocycles. The zero-order chi connectivity index (χ0) is 9.97. The molecule has 0 bridgehead atoms. The predicted molar refractivity (Wildman–Crippen MR) is 53.4 cm³/mol. The number of rotatable bonds is 3. The highest BCUT2D eigenvalue weighted by Gasteiger charge is 2.04. The van der Waals surface area contributed by atoms with E-state index in [0.717, 1.165) is 18.4 Å². The molecule has 0 aliphatic carbocycles. The van der Waals surface area contributed by atoms with Gasteiger partial charge in [0.05, 0.1) is 0 Å². The second kappa shape index (κ2) is 3.75. The standard InChI is InChI=1S/C10H12FN3/c11-9-4-1-3-8-7-14(6-2-5-12)13-10(8)9/h1,3-4,7H,2,5-6,12H2. The largest absolute Gasteiger partial charge is 0.330 e. The first-order valence-corrected chi connectivity index (χ1v) is 4.63. The predicted octanol–water partition coefficient (Wildman–Crippen LogP) is 1.52. The van der Waals surface area contributed by atoms with E-state index in [1.807, 2.05) is 12.3 Å². The van der Waals surface area contributed by atoms with E-state index in [0.29, 0.717) is 12.1 Å². The van der Waals surface area contributed by atoms with E-state index in [9.17, 15) is 4.39 Å². The van der Waals surface area contributed by atoms with Gasteiger partial charge in [0, 0.05) is 18.1 Å². The molecular weight excluding hydrogens is 181 g/mol. The summed E-state index contributed by atoms with van der Waals surface area (Å²) in [5.74, 6) is -0.269. The molecule has 2 aromatic rings. The van der Waals surface area contributed by atoms with Crippen LogP contribution in [-0.2, 0) is 6.54 Å². The Morgan fingerprint density at radius 2 is 2.29 bits per heavy atom. The summed E-state index contributed by atoms with van der Waals surface area (Å²) in [6.07, 6.45) is 2.70. The second-order valence-electron chi connectivity index (χ2n) is 3.21. The van der Waals surface area contributed by atoms with Crippen LogP contribution in [0.15, 0.2) is 24.4 Å². The first-order chi connectivity index (χ1) is 6.81. The van der Waals surface area contributed by atoms with E-state index in [1.165, 1.54) is 6.07 Å². The number of hydrogen-bond acceptors (Lipinski definition) is 2. The molecule has 0 amide bonds. The summed E-state index contributed by atoms with van der Waals surface area (Å²) in [6, 6.07) is 4.96. The number of aryl methyl sites for hydroxylation is 1. The van der Waals surface area contributed by atoms with Gasteiger partial charge in [-0.05, 0) is 19.0 Å². The molecule has 4 heteroatoms. The van der Waals surface area contributed by atoms with Crippen molar-refractivity contribution in [1.29, 1.82) is 0 Å². The number of nitrogens with two attached hydrogens (primary N) is 1. The van der Waals surface area contributed by atoms with Gasteiger partial charge in [0.2, 0.25) is 0 Å². The highest BCUT2D eigenvalue weighted by molar-refractivity contribution is 5.78. The molecule has 2 rings (SSSR count). The molecule has 1 aromatic carbocycles. The molecule has 2 N–H and O–H groups in total. The van der Waals surface area contributed by atoms with Gasteiger partial charge >= 0.3 is 0 Å². The van der Waals surface area contributed by atoms with Gasteiger partial charge in [-0.25, -0.2) is 4.39 Å². The van der Waals surface area contributed by atoms with Crippen LogP contribution in [0.2, 0.25) is 0 Å². The van der Waals surface area contributed by atoms with Gasteiger partial charge in [-0.15, -0.1) is 0 Å². The molecule has 0 radical (unpaired) electrons. The lowest BCUT2D eigenvalue weighted by molar-refractivity contribution is 0.582. The molecule has 0 atom stereocenters. The van der Waals surface area contributed by atoms with E-state index >= 15 is 0 Å². The van der Waals surface area contributed by atoms with E-state index in [1.54, 1.807) is 10.7 Å². The van der Waals surface area contributed by atoms with Crippen molar-refractivity contribution in [2.75, 3.05) is 6.54 Å². The normalized spacial score (nSPS) is 11.0. The van der Waals surface area contributed by atoms with Gasteiger partial charge in [-0.2, -0.15) is 5.10 Å². The van der Waals surface area contributed by atoms with Crippen LogP contribution in [-0.4, -0.2) is 16.3 Å². The van der Waals surface area contributed by atoms with Crippen LogP contribution >= 0.6 is 0 Å². The first-order valence-electron chi connectivity index (χ1n) is 4.63. The SMILES string of the molecule is NCCCn1cc2cccc(F)c2n1. The Hall–Kier alpha value is -1.42. The zero-order valence-corrected chi connectivity index (χ0v) is 7.78. The van der Waals surface area contributed by atoms with Crippen molar-refractivity contribution < 1.29 is 4.39 Å². The van der Waals surface area contributed by atoms with Gasteiger partial charge in [0.25, 0.3) is 0 Å². The molecule has 3 nitrogen and oxygen atoms in total. The minimum atomic E-state index is -0.269. The Morgan fingerprint density at radius 1 is 1.43 bits per heavy atom. The quantitative estimate of drug-likeness (QED) is 0.803. The van der Waals surface area contributed by atoms with Gasteiger partial charge in [-0.1, -0.05) is 12.1 Å². The lowest BCUT2D eigenvalue weighted by atomic mass is 10.2. The number of nitrogens with zero attached hydrogens (tertiary/aromatic N) is 2. The third-order valence-electron chi connectivity index (χ3n) is 2.13. The fraction of sp³-hybridized carbons (Fsp3) is 0.300. The summed E-state index contributed by atoms with van der Waals surface area (Å²) in [5.41, 5.74) is 5.82. The maximum atomic E-state index is 13.2. The maximum Gasteiger partial charge on any atom is 0.151 e. The van der Waals surface area contributed by atoms with Crippen LogP contribution in [0.25, 0.3) is 10.9 Å². The monoisotopic (exact) mass is 193 g/mol. The highest BCUT2D eigenvalue weighted by Crippen LogP contribution is 2.15. The summed E-state index contributed by atoms with van der Waals surface area (Å²) in [7, 11) is 0. The average molecular weight is 193 g/mol. The van der Waals surface area contributed by atoms with E-state index in [-0.39, 0.29) is 5.82 Å². The number of hydrogen-bond donors (Lipinski definition) is 1. The molecule has 1 heterocycles. The molecule has 14 heavy (non-hydrogen) atoms. The summed E-state index contributed by atoms with van der Waals surface area (Å²) in [5, 5.41) is 4.97. The average Bonchev–Trinajstić information content (AvgIpc) is 2.59. The molecular formula is C10H12FN3. The molecule has 0 saturated carbocycles. The number of halogens is 1. The topological polar surface area (TPSA) is 43.8 Å². The Labute approximate surface area is 81.3 Å². The van der Waals surface area contributed by atoms with Crippen LogP contribution in [0, 0.1) is 5.82 Å². The zero-order valence-electron chi connectivity index (χ0n) is 7.78. The van der Waals surface area contributed by atoms with Crippen LogP contribution in [0.3, 0.4) is 0 Å². The van der Waals surface area contributed by atoms with Crippen molar-refractivity contribution in [3.63, 3.8) is 0 Å². The Morgan fingerprint density at radius 3 is 3.00 bits per heavy atom. The lowest BCUT2D eigenvalue weighted by Crippen LogP contribution is -2.05. The highest BCUT2D eigenvalue weighted by atomic mass is 19.1. The number of aromatic nitrogens is 2. The summed E-state index contributed by atoms with van der Waals surface area (Å²) < 4.78 is 15.0. The fourth-order valence-electron chi connectivity index (χ4n) is 1.43. The van der Waals surface area contributed by atoms with Crippen molar-refractivity contribution in [2.45, 2.75) is 13.0 Å².